The summed E-state index contributed by atoms with van der Waals surface area (Å²) < 4.78 is 28.2. The Morgan fingerprint density at radius 1 is 1.06 bits per heavy atom. The van der Waals surface area contributed by atoms with Gasteiger partial charge in [-0.05, 0) is 5.56 Å². The molecule has 1 N–H and O–H groups in total. The Morgan fingerprint density at radius 2 is 1.76 bits per heavy atom. The highest BCUT2D eigenvalue weighted by atomic mass is 32.2. The van der Waals surface area contributed by atoms with Crippen molar-refractivity contribution in [2.24, 2.45) is 7.05 Å². The molecular weight excluding hydrogens is 442 g/mol. The lowest BCUT2D eigenvalue weighted by Gasteiger charge is -2.36. The molecule has 1 aromatic carbocycles. The van der Waals surface area contributed by atoms with Gasteiger partial charge in [0.2, 0.25) is 10.0 Å². The van der Waals surface area contributed by atoms with Crippen LogP contribution in [0.25, 0.3) is 11.3 Å². The Labute approximate surface area is 194 Å². The molecule has 0 aliphatic carbocycles. The predicted molar refractivity (Wildman–Crippen MR) is 125 cm³/mol. The van der Waals surface area contributed by atoms with E-state index < -0.39 is 10.0 Å². The maximum Gasteiger partial charge on any atom is 0.245 e. The van der Waals surface area contributed by atoms with Crippen LogP contribution in [0.5, 0.6) is 0 Å². The van der Waals surface area contributed by atoms with Gasteiger partial charge in [0, 0.05) is 77.5 Å². The van der Waals surface area contributed by atoms with Crippen LogP contribution < -0.4 is 4.90 Å². The van der Waals surface area contributed by atoms with Gasteiger partial charge in [0.1, 0.15) is 10.6 Å². The molecule has 3 heterocycles. The molecule has 0 bridgehead atoms. The monoisotopic (exact) mass is 471 g/mol. The number of aliphatic hydroxyl groups excluding tert-OH is 1. The number of likely N-dealkylation sites (N-methyl/N-ethyl adjacent to an activating group) is 1. The van der Waals surface area contributed by atoms with E-state index in [1.807, 2.05) is 24.3 Å². The van der Waals surface area contributed by atoms with Crippen molar-refractivity contribution < 1.29 is 13.5 Å². The molecule has 1 fully saturated rings. The fraction of sp³-hybridized carbons (Fsp3) is 0.409. The van der Waals surface area contributed by atoms with Crippen LogP contribution >= 0.6 is 0 Å². The highest BCUT2D eigenvalue weighted by molar-refractivity contribution is 7.89. The molecule has 176 valence electrons. The summed E-state index contributed by atoms with van der Waals surface area (Å²) in [6.07, 6.45) is 6.28. The third kappa shape index (κ3) is 5.22. The van der Waals surface area contributed by atoms with E-state index in [2.05, 4.69) is 24.9 Å². The first-order valence-electron chi connectivity index (χ1n) is 10.8. The summed E-state index contributed by atoms with van der Waals surface area (Å²) in [5, 5.41) is 13.2. The first kappa shape index (κ1) is 23.3. The van der Waals surface area contributed by atoms with Crippen molar-refractivity contribution in [1.82, 2.24) is 29.0 Å². The van der Waals surface area contributed by atoms with E-state index in [-0.39, 0.29) is 11.5 Å². The van der Waals surface area contributed by atoms with Crippen LogP contribution in [0, 0.1) is 0 Å². The van der Waals surface area contributed by atoms with E-state index in [9.17, 15) is 13.5 Å². The molecule has 1 saturated heterocycles. The van der Waals surface area contributed by atoms with E-state index in [0.29, 0.717) is 13.1 Å². The largest absolute Gasteiger partial charge is 0.392 e. The minimum absolute atomic E-state index is 0.00823. The predicted octanol–water partition coefficient (Wildman–Crippen LogP) is 0.812. The summed E-state index contributed by atoms with van der Waals surface area (Å²) in [5.74, 6) is 0.838. The Morgan fingerprint density at radius 3 is 2.39 bits per heavy atom. The first-order valence-corrected chi connectivity index (χ1v) is 12.3. The summed E-state index contributed by atoms with van der Waals surface area (Å²) in [6.45, 7) is 4.23. The molecule has 3 aromatic rings. The number of sulfonamides is 1. The standard InChI is InChI=1S/C22H29N7O3S/c1-26-16-20(15-25-26)33(31,32)27(2)9-10-28-11-13-29(14-12-28)22-21(23-7-8-24-22)19-5-3-18(17-30)4-6-19/h3-8,15-16,30H,9-14,17H2,1-2H3. The Balaban J connectivity index is 1.36. The summed E-state index contributed by atoms with van der Waals surface area (Å²) in [6, 6.07) is 7.69. The minimum Gasteiger partial charge on any atom is -0.392 e. The van der Waals surface area contributed by atoms with E-state index in [1.54, 1.807) is 26.5 Å². The van der Waals surface area contributed by atoms with Crippen molar-refractivity contribution in [1.29, 1.82) is 0 Å². The summed E-state index contributed by atoms with van der Waals surface area (Å²) in [7, 11) is -0.232. The molecule has 1 aliphatic heterocycles. The molecule has 0 atom stereocenters. The third-order valence-corrected chi connectivity index (χ3v) is 7.69. The molecule has 33 heavy (non-hydrogen) atoms. The van der Waals surface area contributed by atoms with Crippen LogP contribution in [0.2, 0.25) is 0 Å². The van der Waals surface area contributed by atoms with Gasteiger partial charge in [-0.3, -0.25) is 14.6 Å². The Hall–Kier alpha value is -2.86. The second kappa shape index (κ2) is 9.96. The van der Waals surface area contributed by atoms with Gasteiger partial charge in [-0.1, -0.05) is 24.3 Å². The molecule has 2 aromatic heterocycles. The Bertz CT molecular complexity index is 1170. The molecule has 0 saturated carbocycles. The Kier molecular flexibility index (Phi) is 7.03. The van der Waals surface area contributed by atoms with Crippen LogP contribution in [0.3, 0.4) is 0 Å². The van der Waals surface area contributed by atoms with E-state index in [4.69, 9.17) is 0 Å². The second-order valence-corrected chi connectivity index (χ2v) is 10.1. The van der Waals surface area contributed by atoms with Gasteiger partial charge in [-0.2, -0.15) is 9.40 Å². The molecule has 1 aliphatic rings. The van der Waals surface area contributed by atoms with Gasteiger partial charge in [-0.25, -0.2) is 13.4 Å². The third-order valence-electron chi connectivity index (χ3n) is 5.88. The molecule has 0 amide bonds. The number of aliphatic hydroxyl groups is 1. The summed E-state index contributed by atoms with van der Waals surface area (Å²) in [4.78, 5) is 13.8. The van der Waals surface area contributed by atoms with Crippen molar-refractivity contribution in [3.63, 3.8) is 0 Å². The molecule has 0 unspecified atom stereocenters. The van der Waals surface area contributed by atoms with Gasteiger partial charge in [0.05, 0.1) is 12.8 Å². The zero-order chi connectivity index (χ0) is 23.4. The second-order valence-electron chi connectivity index (χ2n) is 8.09. The average Bonchev–Trinajstić information content (AvgIpc) is 3.30. The van der Waals surface area contributed by atoms with Crippen LogP contribution in [0.15, 0.2) is 53.9 Å². The fourth-order valence-electron chi connectivity index (χ4n) is 3.83. The number of aromatic nitrogens is 4. The maximum atomic E-state index is 12.7. The number of nitrogens with zero attached hydrogens (tertiary/aromatic N) is 7. The number of rotatable bonds is 8. The summed E-state index contributed by atoms with van der Waals surface area (Å²) in [5.41, 5.74) is 2.63. The first-order chi connectivity index (χ1) is 15.9. The van der Waals surface area contributed by atoms with Crippen molar-refractivity contribution in [3.8, 4) is 11.3 Å². The number of hydrogen-bond donors (Lipinski definition) is 1. The van der Waals surface area contributed by atoms with E-state index in [0.717, 1.165) is 48.8 Å². The molecule has 4 rings (SSSR count). The highest BCUT2D eigenvalue weighted by Gasteiger charge is 2.25. The van der Waals surface area contributed by atoms with Crippen LogP contribution in [0.4, 0.5) is 5.82 Å². The zero-order valence-electron chi connectivity index (χ0n) is 18.9. The molecular formula is C22H29N7O3S. The van der Waals surface area contributed by atoms with E-state index in [1.165, 1.54) is 21.4 Å². The van der Waals surface area contributed by atoms with Gasteiger partial charge in [0.15, 0.2) is 5.82 Å². The van der Waals surface area contributed by atoms with Crippen molar-refractivity contribution in [2.75, 3.05) is 51.2 Å². The van der Waals surface area contributed by atoms with Crippen LogP contribution in [0.1, 0.15) is 5.56 Å². The number of hydrogen-bond acceptors (Lipinski definition) is 8. The normalized spacial score (nSPS) is 15.3. The smallest absolute Gasteiger partial charge is 0.245 e. The molecule has 11 heteroatoms. The number of anilines is 1. The quantitative estimate of drug-likeness (QED) is 0.514. The number of benzene rings is 1. The van der Waals surface area contributed by atoms with E-state index >= 15 is 0 Å². The summed E-state index contributed by atoms with van der Waals surface area (Å²) >= 11 is 0. The molecule has 0 spiro atoms. The number of piperazine rings is 1. The fourth-order valence-corrected chi connectivity index (χ4v) is 4.98. The SMILES string of the molecule is CN(CCN1CCN(c2nccnc2-c2ccc(CO)cc2)CC1)S(=O)(=O)c1cnn(C)c1. The molecule has 0 radical (unpaired) electrons. The highest BCUT2D eigenvalue weighted by Crippen LogP contribution is 2.27. The zero-order valence-corrected chi connectivity index (χ0v) is 19.7. The average molecular weight is 472 g/mol. The van der Waals surface area contributed by atoms with Crippen LogP contribution in [-0.2, 0) is 23.7 Å². The van der Waals surface area contributed by atoms with Crippen LogP contribution in [-0.4, -0.2) is 88.8 Å². The minimum atomic E-state index is -3.54. The van der Waals surface area contributed by atoms with Gasteiger partial charge < -0.3 is 10.0 Å². The lowest BCUT2D eigenvalue weighted by molar-refractivity contribution is 0.243. The number of aryl methyl sites for hydroxylation is 1. The van der Waals surface area contributed by atoms with Gasteiger partial charge in [-0.15, -0.1) is 0 Å². The maximum absolute atomic E-state index is 12.7. The lowest BCUT2D eigenvalue weighted by Crippen LogP contribution is -2.49. The topological polar surface area (TPSA) is 108 Å². The van der Waals surface area contributed by atoms with Crippen molar-refractivity contribution >= 4 is 15.8 Å². The van der Waals surface area contributed by atoms with Gasteiger partial charge in [0.25, 0.3) is 0 Å². The lowest BCUT2D eigenvalue weighted by atomic mass is 10.1. The van der Waals surface area contributed by atoms with Crippen molar-refractivity contribution in [2.45, 2.75) is 11.5 Å². The van der Waals surface area contributed by atoms with Gasteiger partial charge >= 0.3 is 0 Å². The molecule has 10 nitrogen and oxygen atoms in total. The van der Waals surface area contributed by atoms with Crippen molar-refractivity contribution in [3.05, 3.63) is 54.6 Å².